The zero-order valence-electron chi connectivity index (χ0n) is 7.98. The molecular formula is C8H10ClN5. The molecule has 5 nitrogen and oxygen atoms in total. The van der Waals surface area contributed by atoms with Crippen LogP contribution in [0.4, 0.5) is 0 Å². The van der Waals surface area contributed by atoms with E-state index < -0.39 is 0 Å². The van der Waals surface area contributed by atoms with E-state index in [1.54, 1.807) is 15.7 Å². The molecule has 2 rings (SSSR count). The van der Waals surface area contributed by atoms with Crippen LogP contribution in [0, 0.1) is 6.92 Å². The molecule has 0 N–H and O–H groups in total. The Balaban J connectivity index is 2.33. The number of hydrogen-bond donors (Lipinski definition) is 0. The van der Waals surface area contributed by atoms with E-state index in [1.165, 1.54) is 6.33 Å². The first-order chi connectivity index (χ1) is 6.68. The molecule has 0 aliphatic rings. The molecule has 0 radical (unpaired) electrons. The van der Waals surface area contributed by atoms with Crippen molar-refractivity contribution >= 4 is 11.6 Å². The van der Waals surface area contributed by atoms with Gasteiger partial charge in [-0.05, 0) is 6.92 Å². The number of halogens is 1. The van der Waals surface area contributed by atoms with Crippen molar-refractivity contribution in [1.29, 1.82) is 0 Å². The second-order valence-corrected chi connectivity index (χ2v) is 3.43. The highest BCUT2D eigenvalue weighted by molar-refractivity contribution is 6.30. The van der Waals surface area contributed by atoms with E-state index in [9.17, 15) is 0 Å². The summed E-state index contributed by atoms with van der Waals surface area (Å²) in [6, 6.07) is 0. The summed E-state index contributed by atoms with van der Waals surface area (Å²) in [5, 5.41) is 8.88. The molecule has 0 unspecified atom stereocenters. The number of rotatable bonds is 2. The van der Waals surface area contributed by atoms with E-state index in [4.69, 9.17) is 11.6 Å². The van der Waals surface area contributed by atoms with Crippen LogP contribution in [-0.2, 0) is 13.6 Å². The largest absolute Gasteiger partial charge is 0.256 e. The minimum absolute atomic E-state index is 0.610. The van der Waals surface area contributed by atoms with Crippen LogP contribution in [0.2, 0.25) is 5.15 Å². The summed E-state index contributed by atoms with van der Waals surface area (Å²) in [7, 11) is 1.82. The second kappa shape index (κ2) is 3.42. The smallest absolute Gasteiger partial charge is 0.137 e. The third-order valence-corrected chi connectivity index (χ3v) is 2.53. The van der Waals surface area contributed by atoms with Crippen LogP contribution in [0.5, 0.6) is 0 Å². The van der Waals surface area contributed by atoms with E-state index in [0.717, 1.165) is 11.3 Å². The minimum atomic E-state index is 0.610. The second-order valence-electron chi connectivity index (χ2n) is 3.07. The van der Waals surface area contributed by atoms with Gasteiger partial charge >= 0.3 is 0 Å². The van der Waals surface area contributed by atoms with Crippen molar-refractivity contribution in [1.82, 2.24) is 24.5 Å². The van der Waals surface area contributed by atoms with Crippen LogP contribution in [0.15, 0.2) is 12.7 Å². The number of nitrogens with zero attached hydrogens (tertiary/aromatic N) is 5. The van der Waals surface area contributed by atoms with Gasteiger partial charge in [-0.3, -0.25) is 4.68 Å². The first-order valence-electron chi connectivity index (χ1n) is 4.19. The van der Waals surface area contributed by atoms with Gasteiger partial charge in [0.15, 0.2) is 0 Å². The Kier molecular flexibility index (Phi) is 2.25. The van der Waals surface area contributed by atoms with Crippen molar-refractivity contribution in [2.75, 3.05) is 0 Å². The molecule has 0 aliphatic carbocycles. The monoisotopic (exact) mass is 211 g/mol. The molecular weight excluding hydrogens is 202 g/mol. The molecule has 0 atom stereocenters. The van der Waals surface area contributed by atoms with Crippen LogP contribution in [0.3, 0.4) is 0 Å². The average Bonchev–Trinajstić information content (AvgIpc) is 2.71. The van der Waals surface area contributed by atoms with E-state index in [0.29, 0.717) is 11.7 Å². The molecule has 0 bridgehead atoms. The Hall–Kier alpha value is -1.36. The van der Waals surface area contributed by atoms with E-state index >= 15 is 0 Å². The summed E-state index contributed by atoms with van der Waals surface area (Å²) in [6.45, 7) is 2.54. The lowest BCUT2D eigenvalue weighted by Crippen LogP contribution is -2.01. The SMILES string of the molecule is Cc1nn(C)c(Cl)c1Cn1cncn1. The quantitative estimate of drug-likeness (QED) is 0.745. The topological polar surface area (TPSA) is 48.5 Å². The van der Waals surface area contributed by atoms with Gasteiger partial charge in [0.1, 0.15) is 17.8 Å². The zero-order chi connectivity index (χ0) is 10.1. The fourth-order valence-corrected chi connectivity index (χ4v) is 1.56. The van der Waals surface area contributed by atoms with Gasteiger partial charge in [-0.25, -0.2) is 9.67 Å². The van der Waals surface area contributed by atoms with Gasteiger partial charge in [0.25, 0.3) is 0 Å². The Labute approximate surface area is 86.3 Å². The van der Waals surface area contributed by atoms with Gasteiger partial charge in [-0.1, -0.05) is 11.6 Å². The average molecular weight is 212 g/mol. The van der Waals surface area contributed by atoms with Gasteiger partial charge in [0.05, 0.1) is 12.2 Å². The summed E-state index contributed by atoms with van der Waals surface area (Å²) in [4.78, 5) is 3.87. The molecule has 0 saturated carbocycles. The number of aromatic nitrogens is 5. The zero-order valence-corrected chi connectivity index (χ0v) is 8.73. The maximum atomic E-state index is 6.07. The highest BCUT2D eigenvalue weighted by Crippen LogP contribution is 2.18. The third-order valence-electron chi connectivity index (χ3n) is 2.06. The molecule has 2 heterocycles. The lowest BCUT2D eigenvalue weighted by atomic mass is 10.3. The first kappa shape index (κ1) is 9.21. The number of hydrogen-bond acceptors (Lipinski definition) is 3. The molecule has 2 aromatic rings. The first-order valence-corrected chi connectivity index (χ1v) is 4.56. The van der Waals surface area contributed by atoms with E-state index in [2.05, 4.69) is 15.2 Å². The lowest BCUT2D eigenvalue weighted by molar-refractivity contribution is 0.681. The van der Waals surface area contributed by atoms with Crippen molar-refractivity contribution in [3.63, 3.8) is 0 Å². The summed E-state index contributed by atoms with van der Waals surface area (Å²) >= 11 is 6.07. The fraction of sp³-hybridized carbons (Fsp3) is 0.375. The Morgan fingerprint density at radius 3 is 2.79 bits per heavy atom. The standard InChI is InChI=1S/C8H10ClN5/c1-6-7(8(9)13(2)12-6)3-14-5-10-4-11-14/h4-5H,3H2,1-2H3. The van der Waals surface area contributed by atoms with E-state index in [-0.39, 0.29) is 0 Å². The maximum absolute atomic E-state index is 6.07. The van der Waals surface area contributed by atoms with Crippen LogP contribution in [-0.4, -0.2) is 24.5 Å². The maximum Gasteiger partial charge on any atom is 0.137 e. The van der Waals surface area contributed by atoms with Gasteiger partial charge in [-0.15, -0.1) is 0 Å². The van der Waals surface area contributed by atoms with Gasteiger partial charge < -0.3 is 0 Å². The predicted molar refractivity (Wildman–Crippen MR) is 52.1 cm³/mol. The van der Waals surface area contributed by atoms with E-state index in [1.807, 2.05) is 14.0 Å². The molecule has 0 aliphatic heterocycles. The summed E-state index contributed by atoms with van der Waals surface area (Å²) < 4.78 is 3.37. The Morgan fingerprint density at radius 1 is 1.50 bits per heavy atom. The highest BCUT2D eigenvalue weighted by atomic mass is 35.5. The van der Waals surface area contributed by atoms with Crippen molar-refractivity contribution in [3.8, 4) is 0 Å². The lowest BCUT2D eigenvalue weighted by Gasteiger charge is -1.99. The van der Waals surface area contributed by atoms with Gasteiger partial charge in [0, 0.05) is 12.6 Å². The molecule has 0 spiro atoms. The highest BCUT2D eigenvalue weighted by Gasteiger charge is 2.11. The molecule has 0 fully saturated rings. The normalized spacial score (nSPS) is 10.8. The Bertz CT molecular complexity index is 431. The van der Waals surface area contributed by atoms with Crippen molar-refractivity contribution < 1.29 is 0 Å². The Morgan fingerprint density at radius 2 is 2.29 bits per heavy atom. The predicted octanol–water partition coefficient (Wildman–Crippen LogP) is 1.02. The minimum Gasteiger partial charge on any atom is -0.256 e. The van der Waals surface area contributed by atoms with Crippen LogP contribution in [0.1, 0.15) is 11.3 Å². The summed E-state index contributed by atoms with van der Waals surface area (Å²) in [5.41, 5.74) is 1.91. The molecule has 14 heavy (non-hydrogen) atoms. The molecule has 0 aromatic carbocycles. The van der Waals surface area contributed by atoms with Crippen LogP contribution < -0.4 is 0 Å². The third kappa shape index (κ3) is 1.50. The van der Waals surface area contributed by atoms with Crippen molar-refractivity contribution in [3.05, 3.63) is 29.1 Å². The van der Waals surface area contributed by atoms with Crippen LogP contribution >= 0.6 is 11.6 Å². The molecule has 0 amide bonds. The summed E-state index contributed by atoms with van der Waals surface area (Å²) in [5.74, 6) is 0. The molecule has 74 valence electrons. The van der Waals surface area contributed by atoms with Gasteiger partial charge in [0.2, 0.25) is 0 Å². The van der Waals surface area contributed by atoms with Crippen LogP contribution in [0.25, 0.3) is 0 Å². The van der Waals surface area contributed by atoms with Crippen molar-refractivity contribution in [2.24, 2.45) is 7.05 Å². The molecule has 2 aromatic heterocycles. The molecule has 0 saturated heterocycles. The summed E-state index contributed by atoms with van der Waals surface area (Å²) in [6.07, 6.45) is 3.16. The number of aryl methyl sites for hydroxylation is 2. The van der Waals surface area contributed by atoms with Gasteiger partial charge in [-0.2, -0.15) is 10.2 Å². The fourth-order valence-electron chi connectivity index (χ4n) is 1.33. The van der Waals surface area contributed by atoms with Crippen molar-refractivity contribution in [2.45, 2.75) is 13.5 Å². The molecule has 6 heteroatoms.